The standard InChI is InChI=1S/C20H24F2N4O.C2HF3O2/c21-13-4-6-16(17(22)9-13)18-11-26-10-15(5-7-19(26)25-18)24-14-3-1-2-12(8-14)20(23)27;3-2(4,5)1(6)7/h4,6,9,11-12,14-15,24H,1-3,5,7-8,10H2,(H2,23,27);(H,6,7). The van der Waals surface area contributed by atoms with Crippen LogP contribution in [0, 0.1) is 17.6 Å². The Labute approximate surface area is 192 Å². The van der Waals surface area contributed by atoms with Gasteiger partial charge in [0.25, 0.3) is 0 Å². The molecule has 186 valence electrons. The number of carbonyl (C=O) groups excluding carboxylic acids is 1. The summed E-state index contributed by atoms with van der Waals surface area (Å²) in [5, 5.41) is 10.8. The number of amides is 1. The topological polar surface area (TPSA) is 110 Å². The molecule has 1 amide bonds. The number of nitrogens with two attached hydrogens (primary N) is 1. The van der Waals surface area contributed by atoms with Gasteiger partial charge in [0.15, 0.2) is 0 Å². The van der Waals surface area contributed by atoms with Crippen molar-refractivity contribution in [2.45, 2.75) is 63.3 Å². The molecular formula is C22H25F5N4O3. The first-order valence-electron chi connectivity index (χ1n) is 10.8. The van der Waals surface area contributed by atoms with Gasteiger partial charge < -0.3 is 20.7 Å². The average molecular weight is 488 g/mol. The lowest BCUT2D eigenvalue weighted by molar-refractivity contribution is -0.192. The van der Waals surface area contributed by atoms with Crippen LogP contribution in [0.3, 0.4) is 0 Å². The highest BCUT2D eigenvalue weighted by Crippen LogP contribution is 2.28. The minimum atomic E-state index is -5.08. The third kappa shape index (κ3) is 6.52. The van der Waals surface area contributed by atoms with Gasteiger partial charge in [-0.25, -0.2) is 18.6 Å². The van der Waals surface area contributed by atoms with Crippen molar-refractivity contribution in [2.75, 3.05) is 0 Å². The van der Waals surface area contributed by atoms with Gasteiger partial charge in [-0.05, 0) is 37.8 Å². The van der Waals surface area contributed by atoms with E-state index >= 15 is 0 Å². The molecule has 0 saturated heterocycles. The molecule has 34 heavy (non-hydrogen) atoms. The number of nitrogens with zero attached hydrogens (tertiary/aromatic N) is 2. The Kier molecular flexibility index (Phi) is 7.90. The zero-order chi connectivity index (χ0) is 25.0. The lowest BCUT2D eigenvalue weighted by Gasteiger charge is -2.33. The van der Waals surface area contributed by atoms with Crippen molar-refractivity contribution in [3.63, 3.8) is 0 Å². The van der Waals surface area contributed by atoms with E-state index in [1.807, 2.05) is 10.8 Å². The van der Waals surface area contributed by atoms with Crippen LogP contribution in [0.2, 0.25) is 0 Å². The Bertz CT molecular complexity index is 1040. The summed E-state index contributed by atoms with van der Waals surface area (Å²) < 4.78 is 61.0. The highest BCUT2D eigenvalue weighted by atomic mass is 19.4. The Morgan fingerprint density at radius 3 is 2.47 bits per heavy atom. The fourth-order valence-electron chi connectivity index (χ4n) is 4.34. The number of carbonyl (C=O) groups is 2. The molecular weight excluding hydrogens is 463 g/mol. The molecule has 0 bridgehead atoms. The molecule has 2 heterocycles. The summed E-state index contributed by atoms with van der Waals surface area (Å²) in [6.45, 7) is 0.753. The number of carboxylic acid groups (broad SMARTS) is 1. The molecule has 0 spiro atoms. The van der Waals surface area contributed by atoms with E-state index in [-0.39, 0.29) is 17.9 Å². The number of hydrogen-bond donors (Lipinski definition) is 3. The van der Waals surface area contributed by atoms with Crippen molar-refractivity contribution >= 4 is 11.9 Å². The number of benzene rings is 1. The smallest absolute Gasteiger partial charge is 0.475 e. The zero-order valence-electron chi connectivity index (χ0n) is 18.1. The molecule has 0 radical (unpaired) electrons. The summed E-state index contributed by atoms with van der Waals surface area (Å²) in [6.07, 6.45) is 2.26. The van der Waals surface area contributed by atoms with E-state index in [0.29, 0.717) is 17.3 Å². The number of carboxylic acids is 1. The number of imidazole rings is 1. The highest BCUT2D eigenvalue weighted by molar-refractivity contribution is 5.76. The van der Waals surface area contributed by atoms with Gasteiger partial charge in [-0.2, -0.15) is 13.2 Å². The van der Waals surface area contributed by atoms with Crippen molar-refractivity contribution in [1.29, 1.82) is 0 Å². The molecule has 1 aromatic carbocycles. The minimum Gasteiger partial charge on any atom is -0.475 e. The zero-order valence-corrected chi connectivity index (χ0v) is 18.1. The summed E-state index contributed by atoms with van der Waals surface area (Å²) in [5.74, 6) is -3.26. The third-order valence-electron chi connectivity index (χ3n) is 5.99. The number of nitrogens with one attached hydrogen (secondary N) is 1. The molecule has 4 rings (SSSR count). The molecule has 2 aliphatic rings. The minimum absolute atomic E-state index is 0.0308. The molecule has 4 N–H and O–H groups in total. The summed E-state index contributed by atoms with van der Waals surface area (Å²) in [7, 11) is 0. The molecule has 1 aliphatic heterocycles. The lowest BCUT2D eigenvalue weighted by atomic mass is 9.84. The second-order valence-corrected chi connectivity index (χ2v) is 8.49. The predicted molar refractivity (Wildman–Crippen MR) is 111 cm³/mol. The van der Waals surface area contributed by atoms with E-state index in [9.17, 15) is 26.7 Å². The van der Waals surface area contributed by atoms with E-state index in [0.717, 1.165) is 57.0 Å². The first-order chi connectivity index (χ1) is 15.9. The number of primary amides is 1. The van der Waals surface area contributed by atoms with Gasteiger partial charge in [0.05, 0.1) is 5.69 Å². The second-order valence-electron chi connectivity index (χ2n) is 8.49. The van der Waals surface area contributed by atoms with E-state index in [1.54, 1.807) is 0 Å². The number of fused-ring (bicyclic) bond motifs is 1. The molecule has 1 saturated carbocycles. The lowest BCUT2D eigenvalue weighted by Crippen LogP contribution is -2.46. The predicted octanol–water partition coefficient (Wildman–Crippen LogP) is 3.41. The van der Waals surface area contributed by atoms with Crippen LogP contribution >= 0.6 is 0 Å². The van der Waals surface area contributed by atoms with Crippen LogP contribution in [-0.2, 0) is 22.6 Å². The summed E-state index contributed by atoms with van der Waals surface area (Å²) in [4.78, 5) is 24.9. The number of hydrogen-bond acceptors (Lipinski definition) is 4. The number of aliphatic carboxylic acids is 1. The molecule has 7 nitrogen and oxygen atoms in total. The van der Waals surface area contributed by atoms with Gasteiger partial charge in [0, 0.05) is 48.8 Å². The summed E-state index contributed by atoms with van der Waals surface area (Å²) in [5.41, 5.74) is 6.33. The van der Waals surface area contributed by atoms with Crippen molar-refractivity contribution in [3.05, 3.63) is 41.9 Å². The van der Waals surface area contributed by atoms with Crippen LogP contribution in [0.5, 0.6) is 0 Å². The average Bonchev–Trinajstić information content (AvgIpc) is 3.16. The van der Waals surface area contributed by atoms with Gasteiger partial charge in [-0.1, -0.05) is 6.42 Å². The normalized spacial score (nSPS) is 22.3. The monoisotopic (exact) mass is 488 g/mol. The Morgan fingerprint density at radius 1 is 1.15 bits per heavy atom. The fraction of sp³-hybridized carbons (Fsp3) is 0.500. The van der Waals surface area contributed by atoms with Gasteiger partial charge in [0.1, 0.15) is 17.5 Å². The van der Waals surface area contributed by atoms with Crippen LogP contribution in [0.4, 0.5) is 22.0 Å². The van der Waals surface area contributed by atoms with E-state index in [2.05, 4.69) is 10.3 Å². The maximum absolute atomic E-state index is 14.0. The molecule has 12 heteroatoms. The van der Waals surface area contributed by atoms with E-state index < -0.39 is 23.8 Å². The Hall–Kier alpha value is -3.02. The quantitative estimate of drug-likeness (QED) is 0.572. The van der Waals surface area contributed by atoms with Gasteiger partial charge >= 0.3 is 12.1 Å². The van der Waals surface area contributed by atoms with Crippen molar-refractivity contribution in [2.24, 2.45) is 11.7 Å². The maximum Gasteiger partial charge on any atom is 0.490 e. The number of rotatable bonds is 4. The van der Waals surface area contributed by atoms with Crippen molar-refractivity contribution in [3.8, 4) is 11.3 Å². The molecule has 3 atom stereocenters. The molecule has 1 aliphatic carbocycles. The van der Waals surface area contributed by atoms with E-state index in [4.69, 9.17) is 15.6 Å². The van der Waals surface area contributed by atoms with Gasteiger partial charge in [-0.15, -0.1) is 0 Å². The van der Waals surface area contributed by atoms with Crippen LogP contribution in [0.25, 0.3) is 11.3 Å². The number of alkyl halides is 3. The first kappa shape index (κ1) is 25.6. The van der Waals surface area contributed by atoms with Crippen molar-refractivity contribution < 1.29 is 36.6 Å². The summed E-state index contributed by atoms with van der Waals surface area (Å²) >= 11 is 0. The van der Waals surface area contributed by atoms with Crippen LogP contribution in [0.15, 0.2) is 24.4 Å². The Balaban J connectivity index is 0.000000406. The summed E-state index contributed by atoms with van der Waals surface area (Å²) in [6, 6.07) is 4.16. The third-order valence-corrected chi connectivity index (χ3v) is 5.99. The first-order valence-corrected chi connectivity index (χ1v) is 10.8. The molecule has 1 fully saturated rings. The van der Waals surface area contributed by atoms with Crippen molar-refractivity contribution in [1.82, 2.24) is 14.9 Å². The largest absolute Gasteiger partial charge is 0.490 e. The van der Waals surface area contributed by atoms with E-state index in [1.165, 1.54) is 12.1 Å². The van der Waals surface area contributed by atoms with Crippen LogP contribution < -0.4 is 11.1 Å². The molecule has 1 aromatic heterocycles. The van der Waals surface area contributed by atoms with Crippen LogP contribution in [-0.4, -0.2) is 44.8 Å². The number of halogens is 5. The van der Waals surface area contributed by atoms with Gasteiger partial charge in [0.2, 0.25) is 5.91 Å². The molecule has 2 aromatic rings. The Morgan fingerprint density at radius 2 is 1.85 bits per heavy atom. The van der Waals surface area contributed by atoms with Gasteiger partial charge in [-0.3, -0.25) is 4.79 Å². The van der Waals surface area contributed by atoms with Crippen LogP contribution in [0.1, 0.15) is 37.9 Å². The molecule has 3 unspecified atom stereocenters. The maximum atomic E-state index is 14.0. The second kappa shape index (κ2) is 10.5. The SMILES string of the molecule is NC(=O)C1CCCC(NC2CCc3nc(-c4ccc(F)cc4F)cn3C2)C1.O=C(O)C(F)(F)F. The highest BCUT2D eigenvalue weighted by Gasteiger charge is 2.38. The number of aryl methyl sites for hydroxylation is 1. The number of aromatic nitrogens is 2. The fourth-order valence-corrected chi connectivity index (χ4v) is 4.34.